The first kappa shape index (κ1) is 14.8. The van der Waals surface area contributed by atoms with Crippen LogP contribution in [0.4, 0.5) is 0 Å². The van der Waals surface area contributed by atoms with E-state index in [0.717, 1.165) is 41.7 Å². The summed E-state index contributed by atoms with van der Waals surface area (Å²) in [4.78, 5) is 18.3. The van der Waals surface area contributed by atoms with E-state index >= 15 is 0 Å². The zero-order valence-electron chi connectivity index (χ0n) is 12.1. The number of hydrogen-bond donors (Lipinski definition) is 1. The van der Waals surface area contributed by atoms with Crippen LogP contribution in [0.15, 0.2) is 29.1 Å². The van der Waals surface area contributed by atoms with Crippen LogP contribution in [-0.4, -0.2) is 23.0 Å². The van der Waals surface area contributed by atoms with Gasteiger partial charge in [0, 0.05) is 16.4 Å². The molecule has 0 radical (unpaired) electrons. The van der Waals surface area contributed by atoms with Crippen LogP contribution in [0.25, 0.3) is 11.3 Å². The van der Waals surface area contributed by atoms with Gasteiger partial charge in [-0.2, -0.15) is 0 Å². The third-order valence-corrected chi connectivity index (χ3v) is 5.22. The predicted octanol–water partition coefficient (Wildman–Crippen LogP) is 3.99. The average Bonchev–Trinajstić information content (AvgIpc) is 2.83. The molecule has 1 saturated heterocycles. The molecule has 1 fully saturated rings. The Kier molecular flexibility index (Phi) is 4.48. The van der Waals surface area contributed by atoms with Gasteiger partial charge in [0.05, 0.1) is 5.69 Å². The van der Waals surface area contributed by atoms with Crippen LogP contribution >= 0.6 is 22.9 Å². The highest BCUT2D eigenvalue weighted by Gasteiger charge is 2.19. The van der Waals surface area contributed by atoms with Crippen molar-refractivity contribution in [3.05, 3.63) is 43.8 Å². The molecule has 1 N–H and O–H groups in total. The molecule has 0 aliphatic carbocycles. The van der Waals surface area contributed by atoms with Gasteiger partial charge in [0.15, 0.2) is 0 Å². The van der Waals surface area contributed by atoms with Crippen LogP contribution < -0.4 is 4.87 Å². The van der Waals surface area contributed by atoms with Gasteiger partial charge in [-0.25, -0.2) is 0 Å². The number of nitrogens with zero attached hydrogens (tertiary/aromatic N) is 1. The molecule has 3 nitrogen and oxygen atoms in total. The first-order chi connectivity index (χ1) is 10.1. The zero-order valence-corrected chi connectivity index (χ0v) is 13.6. The summed E-state index contributed by atoms with van der Waals surface area (Å²) in [7, 11) is 0. The van der Waals surface area contributed by atoms with Crippen LogP contribution in [0.2, 0.25) is 5.02 Å². The number of likely N-dealkylation sites (tertiary alicyclic amines) is 1. The van der Waals surface area contributed by atoms with E-state index in [1.165, 1.54) is 24.2 Å². The monoisotopic (exact) mass is 322 g/mol. The molecular formula is C16H19ClN2OS. The van der Waals surface area contributed by atoms with E-state index in [4.69, 9.17) is 11.6 Å². The number of piperidine rings is 1. The van der Waals surface area contributed by atoms with Crippen molar-refractivity contribution in [2.24, 2.45) is 5.92 Å². The summed E-state index contributed by atoms with van der Waals surface area (Å²) in [5.41, 5.74) is 1.97. The average molecular weight is 323 g/mol. The number of aromatic amines is 1. The Bertz CT molecular complexity index is 654. The Hall–Kier alpha value is -1.10. The molecule has 2 heterocycles. The van der Waals surface area contributed by atoms with Crippen molar-refractivity contribution in [3.8, 4) is 11.3 Å². The van der Waals surface area contributed by atoms with E-state index in [0.29, 0.717) is 5.02 Å². The normalized spacial score (nSPS) is 17.2. The zero-order chi connectivity index (χ0) is 14.8. The number of rotatable bonds is 3. The summed E-state index contributed by atoms with van der Waals surface area (Å²) in [6.07, 6.45) is 2.49. The minimum atomic E-state index is 0.0142. The molecule has 1 aromatic carbocycles. The summed E-state index contributed by atoms with van der Waals surface area (Å²) in [6.45, 7) is 5.40. The molecule has 0 unspecified atom stereocenters. The first-order valence-electron chi connectivity index (χ1n) is 7.32. The summed E-state index contributed by atoms with van der Waals surface area (Å²) < 4.78 is 0. The van der Waals surface area contributed by atoms with Crippen molar-refractivity contribution < 1.29 is 0 Å². The van der Waals surface area contributed by atoms with Gasteiger partial charge in [-0.1, -0.05) is 42.0 Å². The van der Waals surface area contributed by atoms with Gasteiger partial charge in [-0.15, -0.1) is 0 Å². The van der Waals surface area contributed by atoms with Crippen LogP contribution in [0.5, 0.6) is 0 Å². The summed E-state index contributed by atoms with van der Waals surface area (Å²) in [6, 6.07) is 7.64. The molecular weight excluding hydrogens is 304 g/mol. The summed E-state index contributed by atoms with van der Waals surface area (Å²) >= 11 is 7.26. The first-order valence-corrected chi connectivity index (χ1v) is 8.51. The van der Waals surface area contributed by atoms with Gasteiger partial charge >= 0.3 is 4.87 Å². The second-order valence-electron chi connectivity index (χ2n) is 5.78. The molecule has 21 heavy (non-hydrogen) atoms. The van der Waals surface area contributed by atoms with E-state index in [1.807, 2.05) is 24.3 Å². The molecule has 3 rings (SSSR count). The number of halogens is 1. The molecule has 0 bridgehead atoms. The Morgan fingerprint density at radius 1 is 1.29 bits per heavy atom. The van der Waals surface area contributed by atoms with Gasteiger partial charge in [0.1, 0.15) is 0 Å². The molecule has 112 valence electrons. The van der Waals surface area contributed by atoms with Gasteiger partial charge in [-0.3, -0.25) is 9.69 Å². The van der Waals surface area contributed by atoms with Crippen molar-refractivity contribution in [1.29, 1.82) is 0 Å². The number of benzene rings is 1. The standard InChI is InChI=1S/C16H19ClN2OS/c1-11-6-8-19(9-7-11)10-14-15(18-16(20)21-14)12-2-4-13(17)5-3-12/h2-5,11H,6-10H2,1H3,(H,18,20). The number of nitrogens with one attached hydrogen (secondary N) is 1. The van der Waals surface area contributed by atoms with Crippen molar-refractivity contribution >= 4 is 22.9 Å². The van der Waals surface area contributed by atoms with Crippen molar-refractivity contribution in [2.75, 3.05) is 13.1 Å². The highest BCUT2D eigenvalue weighted by Crippen LogP contribution is 2.27. The number of hydrogen-bond acceptors (Lipinski definition) is 3. The second-order valence-corrected chi connectivity index (χ2v) is 7.28. The maximum atomic E-state index is 11.8. The number of thiazole rings is 1. The maximum absolute atomic E-state index is 11.8. The molecule has 0 atom stereocenters. The van der Waals surface area contributed by atoms with Crippen molar-refractivity contribution in [2.45, 2.75) is 26.3 Å². The lowest BCUT2D eigenvalue weighted by molar-refractivity contribution is 0.187. The maximum Gasteiger partial charge on any atom is 0.305 e. The number of aromatic nitrogens is 1. The van der Waals surface area contributed by atoms with E-state index in [9.17, 15) is 4.79 Å². The van der Waals surface area contributed by atoms with Gasteiger partial charge in [0.25, 0.3) is 0 Å². The van der Waals surface area contributed by atoms with E-state index in [-0.39, 0.29) is 4.87 Å². The summed E-state index contributed by atoms with van der Waals surface area (Å²) in [5.74, 6) is 0.821. The fourth-order valence-corrected chi connectivity index (χ4v) is 3.77. The molecule has 0 spiro atoms. The predicted molar refractivity (Wildman–Crippen MR) is 89.1 cm³/mol. The van der Waals surface area contributed by atoms with Crippen molar-refractivity contribution in [1.82, 2.24) is 9.88 Å². The Morgan fingerprint density at radius 3 is 2.62 bits per heavy atom. The minimum absolute atomic E-state index is 0.0142. The minimum Gasteiger partial charge on any atom is -0.312 e. The second kappa shape index (κ2) is 6.34. The quantitative estimate of drug-likeness (QED) is 0.927. The third-order valence-electron chi connectivity index (χ3n) is 4.10. The fourth-order valence-electron chi connectivity index (χ4n) is 2.74. The topological polar surface area (TPSA) is 36.1 Å². The van der Waals surface area contributed by atoms with E-state index in [1.54, 1.807) is 0 Å². The Labute approximate surface area is 133 Å². The Morgan fingerprint density at radius 2 is 1.95 bits per heavy atom. The van der Waals surface area contributed by atoms with Crippen LogP contribution in [-0.2, 0) is 6.54 Å². The molecule has 1 aromatic heterocycles. The molecule has 0 amide bonds. The SMILES string of the molecule is CC1CCN(Cc2sc(=O)[nH]c2-c2ccc(Cl)cc2)CC1. The molecule has 1 aliphatic heterocycles. The van der Waals surface area contributed by atoms with E-state index < -0.39 is 0 Å². The molecule has 1 aliphatic rings. The fraction of sp³-hybridized carbons (Fsp3) is 0.438. The van der Waals surface area contributed by atoms with Gasteiger partial charge < -0.3 is 4.98 Å². The van der Waals surface area contributed by atoms with Gasteiger partial charge in [-0.05, 0) is 49.5 Å². The summed E-state index contributed by atoms with van der Waals surface area (Å²) in [5, 5.41) is 0.711. The molecule has 5 heteroatoms. The highest BCUT2D eigenvalue weighted by atomic mass is 35.5. The van der Waals surface area contributed by atoms with Crippen LogP contribution in [0.3, 0.4) is 0 Å². The largest absolute Gasteiger partial charge is 0.312 e. The van der Waals surface area contributed by atoms with Crippen LogP contribution in [0, 0.1) is 5.92 Å². The van der Waals surface area contributed by atoms with Crippen molar-refractivity contribution in [3.63, 3.8) is 0 Å². The lowest BCUT2D eigenvalue weighted by Gasteiger charge is -2.29. The van der Waals surface area contributed by atoms with E-state index in [2.05, 4.69) is 16.8 Å². The molecule has 2 aromatic rings. The smallest absolute Gasteiger partial charge is 0.305 e. The van der Waals surface area contributed by atoms with Gasteiger partial charge in [0.2, 0.25) is 0 Å². The number of H-pyrrole nitrogens is 1. The lowest BCUT2D eigenvalue weighted by Crippen LogP contribution is -2.32. The van der Waals surface area contributed by atoms with Crippen LogP contribution in [0.1, 0.15) is 24.6 Å². The Balaban J connectivity index is 1.82. The lowest BCUT2D eigenvalue weighted by atomic mass is 9.99. The highest BCUT2D eigenvalue weighted by molar-refractivity contribution is 7.09. The third kappa shape index (κ3) is 3.57. The molecule has 0 saturated carbocycles.